The summed E-state index contributed by atoms with van der Waals surface area (Å²) in [6.07, 6.45) is 4.02. The first-order chi connectivity index (χ1) is 6.14. The molecule has 0 spiro atoms. The van der Waals surface area contributed by atoms with Crippen LogP contribution in [0.5, 0.6) is 0 Å². The zero-order valence-corrected chi connectivity index (χ0v) is 10.2. The van der Waals surface area contributed by atoms with E-state index >= 15 is 0 Å². The molecule has 13 heavy (non-hydrogen) atoms. The topological polar surface area (TPSA) is 21.3 Å². The summed E-state index contributed by atoms with van der Waals surface area (Å²) in [6.45, 7) is 6.44. The van der Waals surface area contributed by atoms with Crippen molar-refractivity contribution >= 4 is 15.9 Å². The maximum absolute atomic E-state index is 5.85. The number of nitrogens with one attached hydrogen (secondary N) is 1. The van der Waals surface area contributed by atoms with E-state index in [4.69, 9.17) is 4.74 Å². The van der Waals surface area contributed by atoms with E-state index in [0.29, 0.717) is 6.10 Å². The van der Waals surface area contributed by atoms with Gasteiger partial charge in [-0.3, -0.25) is 0 Å². The first-order valence-corrected chi connectivity index (χ1v) is 6.21. The van der Waals surface area contributed by atoms with Gasteiger partial charge in [-0.1, -0.05) is 15.9 Å². The van der Waals surface area contributed by atoms with Crippen molar-refractivity contribution in [3.63, 3.8) is 0 Å². The fourth-order valence-electron chi connectivity index (χ4n) is 1.68. The minimum absolute atomic E-state index is 0.113. The van der Waals surface area contributed by atoms with Crippen LogP contribution in [0.3, 0.4) is 0 Å². The Morgan fingerprint density at radius 2 is 2.31 bits per heavy atom. The summed E-state index contributed by atoms with van der Waals surface area (Å²) in [7, 11) is 0. The molecule has 2 nitrogen and oxygen atoms in total. The van der Waals surface area contributed by atoms with Gasteiger partial charge in [0, 0.05) is 11.9 Å². The van der Waals surface area contributed by atoms with Gasteiger partial charge in [0.2, 0.25) is 0 Å². The van der Waals surface area contributed by atoms with Crippen molar-refractivity contribution < 1.29 is 4.74 Å². The lowest BCUT2D eigenvalue weighted by molar-refractivity contribution is -0.0140. The van der Waals surface area contributed by atoms with Crippen LogP contribution in [-0.2, 0) is 4.74 Å². The standard InChI is InChI=1S/C10H20BrNO/c1-10(2)5-4-9(13-10)8-12-7-3-6-11/h9,12H,3-8H2,1-2H3. The fourth-order valence-corrected chi connectivity index (χ4v) is 1.96. The van der Waals surface area contributed by atoms with E-state index in [9.17, 15) is 0 Å². The highest BCUT2D eigenvalue weighted by atomic mass is 79.9. The van der Waals surface area contributed by atoms with Crippen LogP contribution >= 0.6 is 15.9 Å². The number of rotatable bonds is 5. The predicted molar refractivity (Wildman–Crippen MR) is 59.5 cm³/mol. The van der Waals surface area contributed by atoms with Gasteiger partial charge in [0.15, 0.2) is 0 Å². The molecule has 1 rings (SSSR count). The molecule has 1 aliphatic rings. The van der Waals surface area contributed by atoms with Gasteiger partial charge in [0.05, 0.1) is 11.7 Å². The summed E-state index contributed by atoms with van der Waals surface area (Å²) >= 11 is 3.41. The third-order valence-corrected chi connectivity index (χ3v) is 2.97. The zero-order valence-electron chi connectivity index (χ0n) is 8.61. The number of hydrogen-bond acceptors (Lipinski definition) is 2. The van der Waals surface area contributed by atoms with Crippen molar-refractivity contribution in [2.24, 2.45) is 0 Å². The quantitative estimate of drug-likeness (QED) is 0.597. The smallest absolute Gasteiger partial charge is 0.0707 e. The van der Waals surface area contributed by atoms with Crippen LogP contribution in [0.15, 0.2) is 0 Å². The average molecular weight is 250 g/mol. The van der Waals surface area contributed by atoms with Gasteiger partial charge in [0.1, 0.15) is 0 Å². The van der Waals surface area contributed by atoms with Crippen molar-refractivity contribution in [2.75, 3.05) is 18.4 Å². The lowest BCUT2D eigenvalue weighted by atomic mass is 10.1. The number of hydrogen-bond donors (Lipinski definition) is 1. The van der Waals surface area contributed by atoms with Crippen molar-refractivity contribution in [1.82, 2.24) is 5.32 Å². The third-order valence-electron chi connectivity index (χ3n) is 2.41. The Morgan fingerprint density at radius 1 is 1.54 bits per heavy atom. The summed E-state index contributed by atoms with van der Waals surface area (Å²) < 4.78 is 5.85. The molecule has 0 amide bonds. The van der Waals surface area contributed by atoms with Crippen molar-refractivity contribution in [2.45, 2.75) is 44.8 Å². The molecule has 1 N–H and O–H groups in total. The Bertz CT molecular complexity index is 150. The van der Waals surface area contributed by atoms with Crippen LogP contribution < -0.4 is 5.32 Å². The Labute approximate surface area is 89.5 Å². The van der Waals surface area contributed by atoms with E-state index in [-0.39, 0.29) is 5.60 Å². The molecule has 0 aromatic rings. The molecule has 0 aromatic carbocycles. The molecule has 0 radical (unpaired) electrons. The van der Waals surface area contributed by atoms with Gasteiger partial charge in [-0.25, -0.2) is 0 Å². The fraction of sp³-hybridized carbons (Fsp3) is 1.00. The van der Waals surface area contributed by atoms with Crippen molar-refractivity contribution in [3.8, 4) is 0 Å². The van der Waals surface area contributed by atoms with Gasteiger partial charge < -0.3 is 10.1 Å². The molecule has 0 bridgehead atoms. The number of halogens is 1. The van der Waals surface area contributed by atoms with E-state index < -0.39 is 0 Å². The first-order valence-electron chi connectivity index (χ1n) is 5.08. The van der Waals surface area contributed by atoms with E-state index in [1.54, 1.807) is 0 Å². The summed E-state index contributed by atoms with van der Waals surface area (Å²) in [5, 5.41) is 4.49. The molecular formula is C10H20BrNO. The normalized spacial score (nSPS) is 26.5. The average Bonchev–Trinajstić information content (AvgIpc) is 2.40. The molecule has 1 fully saturated rings. The highest BCUT2D eigenvalue weighted by Gasteiger charge is 2.30. The summed E-state index contributed by atoms with van der Waals surface area (Å²) in [4.78, 5) is 0. The van der Waals surface area contributed by atoms with Crippen LogP contribution in [-0.4, -0.2) is 30.1 Å². The van der Waals surface area contributed by atoms with Crippen LogP contribution in [0.1, 0.15) is 33.1 Å². The van der Waals surface area contributed by atoms with Crippen LogP contribution in [0.25, 0.3) is 0 Å². The van der Waals surface area contributed by atoms with E-state index in [1.807, 2.05) is 0 Å². The third kappa shape index (κ3) is 4.43. The van der Waals surface area contributed by atoms with Gasteiger partial charge in [-0.05, 0) is 39.7 Å². The molecule has 1 saturated heterocycles. The summed E-state index contributed by atoms with van der Waals surface area (Å²) in [6, 6.07) is 0. The molecule has 0 saturated carbocycles. The van der Waals surface area contributed by atoms with Crippen LogP contribution in [0.2, 0.25) is 0 Å². The lowest BCUT2D eigenvalue weighted by Gasteiger charge is -2.19. The van der Waals surface area contributed by atoms with Crippen LogP contribution in [0, 0.1) is 0 Å². The minimum Gasteiger partial charge on any atom is -0.371 e. The van der Waals surface area contributed by atoms with Crippen molar-refractivity contribution in [1.29, 1.82) is 0 Å². The maximum Gasteiger partial charge on any atom is 0.0707 e. The molecule has 1 heterocycles. The molecule has 0 aromatic heterocycles. The second-order valence-corrected chi connectivity index (χ2v) is 5.08. The Hall–Kier alpha value is 0.400. The molecule has 1 atom stereocenters. The number of ether oxygens (including phenoxy) is 1. The Morgan fingerprint density at radius 3 is 2.85 bits per heavy atom. The Balaban J connectivity index is 2.04. The molecule has 0 aliphatic carbocycles. The highest BCUT2D eigenvalue weighted by Crippen LogP contribution is 2.28. The van der Waals surface area contributed by atoms with Gasteiger partial charge in [0.25, 0.3) is 0 Å². The largest absolute Gasteiger partial charge is 0.371 e. The lowest BCUT2D eigenvalue weighted by Crippen LogP contribution is -2.30. The molecule has 78 valence electrons. The van der Waals surface area contributed by atoms with E-state index in [1.165, 1.54) is 19.3 Å². The second-order valence-electron chi connectivity index (χ2n) is 4.28. The summed E-state index contributed by atoms with van der Waals surface area (Å²) in [5.74, 6) is 0. The number of alkyl halides is 1. The molecule has 1 aliphatic heterocycles. The Kier molecular flexibility index (Phi) is 4.70. The SMILES string of the molecule is CC1(C)CCC(CNCCCBr)O1. The van der Waals surface area contributed by atoms with Gasteiger partial charge in [-0.2, -0.15) is 0 Å². The molecule has 3 heteroatoms. The second kappa shape index (κ2) is 5.32. The molecule has 1 unspecified atom stereocenters. The summed E-state index contributed by atoms with van der Waals surface area (Å²) in [5.41, 5.74) is 0.113. The van der Waals surface area contributed by atoms with Gasteiger partial charge in [-0.15, -0.1) is 0 Å². The zero-order chi connectivity index (χ0) is 9.73. The highest BCUT2D eigenvalue weighted by molar-refractivity contribution is 9.09. The monoisotopic (exact) mass is 249 g/mol. The minimum atomic E-state index is 0.113. The maximum atomic E-state index is 5.85. The van der Waals surface area contributed by atoms with E-state index in [0.717, 1.165) is 18.4 Å². The molecular weight excluding hydrogens is 230 g/mol. The first kappa shape index (κ1) is 11.5. The van der Waals surface area contributed by atoms with Gasteiger partial charge >= 0.3 is 0 Å². The van der Waals surface area contributed by atoms with Crippen molar-refractivity contribution in [3.05, 3.63) is 0 Å². The van der Waals surface area contributed by atoms with Crippen LogP contribution in [0.4, 0.5) is 0 Å². The van der Waals surface area contributed by atoms with E-state index in [2.05, 4.69) is 35.1 Å². The predicted octanol–water partition coefficient (Wildman–Crippen LogP) is 2.32.